The van der Waals surface area contributed by atoms with Crippen LogP contribution in [-0.4, -0.2) is 16.7 Å². The fourth-order valence-electron chi connectivity index (χ4n) is 3.05. The minimum atomic E-state index is -0.975. The van der Waals surface area contributed by atoms with Crippen LogP contribution in [-0.2, 0) is 16.0 Å². The molecule has 0 saturated heterocycles. The number of Topliss-reactive ketones (excluding diaryl/α,β-unsaturated/α-hetero) is 1. The summed E-state index contributed by atoms with van der Waals surface area (Å²) in [6, 6.07) is 18.6. The van der Waals surface area contributed by atoms with Crippen LogP contribution in [0, 0.1) is 0 Å². The van der Waals surface area contributed by atoms with E-state index in [2.05, 4.69) is 4.98 Å². The lowest BCUT2D eigenvalue weighted by atomic mass is 9.99. The average molecular weight is 375 g/mol. The number of ketones is 1. The molecule has 0 aliphatic rings. The fourth-order valence-corrected chi connectivity index (χ4v) is 3.72. The molecule has 1 atom stereocenters. The van der Waals surface area contributed by atoms with Crippen molar-refractivity contribution in [2.24, 2.45) is 0 Å². The molecule has 0 unspecified atom stereocenters. The van der Waals surface area contributed by atoms with Crippen LogP contribution in [0.2, 0.25) is 0 Å². The molecule has 2 aromatic heterocycles. The molecule has 0 saturated carbocycles. The highest BCUT2D eigenvalue weighted by Crippen LogP contribution is 2.27. The van der Waals surface area contributed by atoms with Gasteiger partial charge in [-0.1, -0.05) is 48.5 Å². The van der Waals surface area contributed by atoms with Crippen molar-refractivity contribution in [2.45, 2.75) is 12.5 Å². The zero-order valence-electron chi connectivity index (χ0n) is 14.4. The SMILES string of the molecule is O=C(Cc1ccsc1)O[C@@H](C(=O)c1c[nH]c2ccccc12)c1ccccc1. The van der Waals surface area contributed by atoms with Crippen molar-refractivity contribution in [3.8, 4) is 0 Å². The van der Waals surface area contributed by atoms with Gasteiger partial charge in [0.1, 0.15) is 0 Å². The van der Waals surface area contributed by atoms with Crippen LogP contribution in [0.3, 0.4) is 0 Å². The van der Waals surface area contributed by atoms with Crippen molar-refractivity contribution in [2.75, 3.05) is 0 Å². The number of aromatic amines is 1. The maximum Gasteiger partial charge on any atom is 0.311 e. The summed E-state index contributed by atoms with van der Waals surface area (Å²) in [4.78, 5) is 28.8. The predicted molar refractivity (Wildman–Crippen MR) is 106 cm³/mol. The maximum absolute atomic E-state index is 13.3. The average Bonchev–Trinajstić information content (AvgIpc) is 3.36. The molecule has 1 N–H and O–H groups in total. The lowest BCUT2D eigenvalue weighted by Gasteiger charge is -2.17. The van der Waals surface area contributed by atoms with Crippen LogP contribution in [0.4, 0.5) is 0 Å². The number of thiophene rings is 1. The normalized spacial score (nSPS) is 12.0. The number of nitrogens with one attached hydrogen (secondary N) is 1. The third-order valence-electron chi connectivity index (χ3n) is 4.37. The Morgan fingerprint density at radius 1 is 1.00 bits per heavy atom. The monoisotopic (exact) mass is 375 g/mol. The number of benzene rings is 2. The summed E-state index contributed by atoms with van der Waals surface area (Å²) in [6.45, 7) is 0. The molecule has 27 heavy (non-hydrogen) atoms. The van der Waals surface area contributed by atoms with E-state index in [0.29, 0.717) is 11.1 Å². The zero-order valence-corrected chi connectivity index (χ0v) is 15.2. The summed E-state index contributed by atoms with van der Waals surface area (Å²) >= 11 is 1.52. The number of rotatable bonds is 6. The molecule has 2 heterocycles. The first-order valence-corrected chi connectivity index (χ1v) is 9.52. The van der Waals surface area contributed by atoms with Crippen molar-refractivity contribution in [3.63, 3.8) is 0 Å². The van der Waals surface area contributed by atoms with E-state index in [1.807, 2.05) is 59.3 Å². The molecule has 4 rings (SSSR count). The van der Waals surface area contributed by atoms with Gasteiger partial charge in [-0.15, -0.1) is 0 Å². The molecule has 0 aliphatic carbocycles. The first-order chi connectivity index (χ1) is 13.2. The molecule has 2 aromatic carbocycles. The summed E-state index contributed by atoms with van der Waals surface area (Å²) in [7, 11) is 0. The summed E-state index contributed by atoms with van der Waals surface area (Å²) in [5.74, 6) is -0.659. The molecule has 134 valence electrons. The van der Waals surface area contributed by atoms with Crippen LogP contribution in [0.25, 0.3) is 10.9 Å². The zero-order chi connectivity index (χ0) is 18.6. The molecule has 0 radical (unpaired) electrons. The van der Waals surface area contributed by atoms with E-state index < -0.39 is 12.1 Å². The van der Waals surface area contributed by atoms with Gasteiger partial charge in [-0.2, -0.15) is 11.3 Å². The van der Waals surface area contributed by atoms with Gasteiger partial charge in [-0.05, 0) is 28.5 Å². The highest BCUT2D eigenvalue weighted by atomic mass is 32.1. The van der Waals surface area contributed by atoms with Gasteiger partial charge in [-0.25, -0.2) is 0 Å². The number of H-pyrrole nitrogens is 1. The van der Waals surface area contributed by atoms with E-state index in [0.717, 1.165) is 16.5 Å². The van der Waals surface area contributed by atoms with Crippen LogP contribution < -0.4 is 0 Å². The first-order valence-electron chi connectivity index (χ1n) is 8.58. The van der Waals surface area contributed by atoms with Crippen molar-refractivity contribution in [1.82, 2.24) is 4.98 Å². The van der Waals surface area contributed by atoms with E-state index in [9.17, 15) is 9.59 Å². The highest BCUT2D eigenvalue weighted by molar-refractivity contribution is 7.08. The van der Waals surface area contributed by atoms with E-state index in [4.69, 9.17) is 4.74 Å². The fraction of sp³-hybridized carbons (Fsp3) is 0.0909. The summed E-state index contributed by atoms with van der Waals surface area (Å²) in [5.41, 5.74) is 2.93. The van der Waals surface area contributed by atoms with Gasteiger partial charge in [0, 0.05) is 28.2 Å². The third-order valence-corrected chi connectivity index (χ3v) is 5.11. The quantitative estimate of drug-likeness (QED) is 0.384. The molecule has 4 aromatic rings. The molecule has 0 bridgehead atoms. The van der Waals surface area contributed by atoms with E-state index in [1.165, 1.54) is 11.3 Å². The van der Waals surface area contributed by atoms with Gasteiger partial charge in [0.25, 0.3) is 0 Å². The van der Waals surface area contributed by atoms with Gasteiger partial charge in [-0.3, -0.25) is 9.59 Å². The van der Waals surface area contributed by atoms with Crippen LogP contribution >= 0.6 is 11.3 Å². The Kier molecular flexibility index (Phi) is 4.85. The number of carbonyl (C=O) groups is 2. The number of aromatic nitrogens is 1. The Bertz CT molecular complexity index is 1070. The largest absolute Gasteiger partial charge is 0.449 e. The third kappa shape index (κ3) is 3.68. The minimum Gasteiger partial charge on any atom is -0.449 e. The van der Waals surface area contributed by atoms with E-state index in [1.54, 1.807) is 18.3 Å². The lowest BCUT2D eigenvalue weighted by molar-refractivity contribution is -0.146. The number of ether oxygens (including phenoxy) is 1. The molecule has 0 spiro atoms. The number of fused-ring (bicyclic) bond motifs is 1. The Hall–Kier alpha value is -3.18. The number of hydrogen-bond acceptors (Lipinski definition) is 4. The summed E-state index contributed by atoms with van der Waals surface area (Å²) in [5, 5.41) is 4.63. The van der Waals surface area contributed by atoms with E-state index in [-0.39, 0.29) is 12.2 Å². The Labute approximate surface area is 160 Å². The van der Waals surface area contributed by atoms with Crippen molar-refractivity contribution < 1.29 is 14.3 Å². The Morgan fingerprint density at radius 3 is 2.56 bits per heavy atom. The van der Waals surface area contributed by atoms with Crippen LogP contribution in [0.15, 0.2) is 77.6 Å². The smallest absolute Gasteiger partial charge is 0.311 e. The van der Waals surface area contributed by atoms with Crippen molar-refractivity contribution >= 4 is 34.0 Å². The van der Waals surface area contributed by atoms with Crippen molar-refractivity contribution in [1.29, 1.82) is 0 Å². The second-order valence-electron chi connectivity index (χ2n) is 6.20. The molecule has 0 fully saturated rings. The molecular formula is C22H17NO3S. The first kappa shape index (κ1) is 17.2. The summed E-state index contributed by atoms with van der Waals surface area (Å²) < 4.78 is 5.65. The Morgan fingerprint density at radius 2 is 1.78 bits per heavy atom. The number of esters is 1. The number of carbonyl (C=O) groups excluding carboxylic acids is 2. The summed E-state index contributed by atoms with van der Waals surface area (Å²) in [6.07, 6.45) is 0.848. The Balaban J connectivity index is 1.65. The molecule has 5 heteroatoms. The van der Waals surface area contributed by atoms with Gasteiger partial charge in [0.2, 0.25) is 5.78 Å². The minimum absolute atomic E-state index is 0.147. The standard InChI is InChI=1S/C22H17NO3S/c24-20(12-15-10-11-27-14-15)26-22(16-6-2-1-3-7-16)21(25)18-13-23-19-9-5-4-8-17(18)19/h1-11,13-14,22-23H,12H2/t22-/m1/s1. The molecular weight excluding hydrogens is 358 g/mol. The van der Waals surface area contributed by atoms with E-state index >= 15 is 0 Å². The number of hydrogen-bond donors (Lipinski definition) is 1. The number of para-hydroxylation sites is 1. The van der Waals surface area contributed by atoms with Gasteiger partial charge >= 0.3 is 5.97 Å². The lowest BCUT2D eigenvalue weighted by Crippen LogP contribution is -2.21. The van der Waals surface area contributed by atoms with Crippen molar-refractivity contribution in [3.05, 3.63) is 94.3 Å². The van der Waals surface area contributed by atoms with Crippen LogP contribution in [0.1, 0.15) is 27.6 Å². The highest BCUT2D eigenvalue weighted by Gasteiger charge is 2.28. The van der Waals surface area contributed by atoms with Gasteiger partial charge < -0.3 is 9.72 Å². The van der Waals surface area contributed by atoms with Crippen LogP contribution in [0.5, 0.6) is 0 Å². The predicted octanol–water partition coefficient (Wildman–Crippen LogP) is 4.94. The second kappa shape index (κ2) is 7.60. The molecule has 4 nitrogen and oxygen atoms in total. The second-order valence-corrected chi connectivity index (χ2v) is 6.98. The van der Waals surface area contributed by atoms with Gasteiger partial charge in [0.15, 0.2) is 6.10 Å². The maximum atomic E-state index is 13.3. The topological polar surface area (TPSA) is 59.2 Å². The van der Waals surface area contributed by atoms with Gasteiger partial charge in [0.05, 0.1) is 6.42 Å². The molecule has 0 amide bonds. The molecule has 0 aliphatic heterocycles.